The van der Waals surface area contributed by atoms with E-state index in [1.54, 1.807) is 25.4 Å². The number of nitrogens with zero attached hydrogens (tertiary/aromatic N) is 2. The van der Waals surface area contributed by atoms with Gasteiger partial charge in [0.2, 0.25) is 0 Å². The molecular formula is C17H18F3N3OS. The molecule has 2 unspecified atom stereocenters. The third kappa shape index (κ3) is 4.18. The maximum Gasteiger partial charge on any atom is 0.391 e. The summed E-state index contributed by atoms with van der Waals surface area (Å²) in [6.45, 7) is 1.73. The smallest absolute Gasteiger partial charge is 0.349 e. The number of aryl methyl sites for hydroxylation is 1. The fourth-order valence-corrected chi connectivity index (χ4v) is 4.05. The van der Waals surface area contributed by atoms with Crippen LogP contribution in [0.2, 0.25) is 0 Å². The van der Waals surface area contributed by atoms with Crippen LogP contribution in [0, 0.1) is 12.8 Å². The molecule has 3 rings (SSSR count). The van der Waals surface area contributed by atoms with Crippen LogP contribution in [0.25, 0.3) is 10.6 Å². The lowest BCUT2D eigenvalue weighted by atomic mass is 9.85. The predicted octanol–water partition coefficient (Wildman–Crippen LogP) is 4.36. The molecular weight excluding hydrogens is 351 g/mol. The van der Waals surface area contributed by atoms with Gasteiger partial charge in [0.1, 0.15) is 9.88 Å². The molecule has 4 nitrogen and oxygen atoms in total. The molecule has 1 fully saturated rings. The molecule has 0 radical (unpaired) electrons. The summed E-state index contributed by atoms with van der Waals surface area (Å²) < 4.78 is 38.7. The standard InChI is InChI=1S/C17H18F3N3OS/c1-10-14(25-16(22-10)11-4-3-7-21-9-11)15(24)23-13-6-2-5-12(8-13)17(18,19)20/h3-4,7,9,12-13H,2,5-6,8H2,1H3,(H,23,24). The Balaban J connectivity index is 1.70. The second-order valence-corrected chi connectivity index (χ2v) is 7.25. The highest BCUT2D eigenvalue weighted by Gasteiger charge is 2.42. The molecule has 2 aromatic rings. The van der Waals surface area contributed by atoms with Crippen molar-refractivity contribution in [3.8, 4) is 10.6 Å². The Hall–Kier alpha value is -1.96. The van der Waals surface area contributed by atoms with Gasteiger partial charge in [0.25, 0.3) is 5.91 Å². The van der Waals surface area contributed by atoms with Gasteiger partial charge in [0.15, 0.2) is 0 Å². The summed E-state index contributed by atoms with van der Waals surface area (Å²) in [4.78, 5) is 21.4. The zero-order valence-corrected chi connectivity index (χ0v) is 14.5. The van der Waals surface area contributed by atoms with Gasteiger partial charge in [-0.3, -0.25) is 9.78 Å². The number of alkyl halides is 3. The molecule has 2 aromatic heterocycles. The number of hydrogen-bond acceptors (Lipinski definition) is 4. The Labute approximate surface area is 147 Å². The SMILES string of the molecule is Cc1nc(-c2cccnc2)sc1C(=O)NC1CCCC(C(F)(F)F)C1. The molecule has 2 atom stereocenters. The minimum absolute atomic E-state index is 0.0530. The number of thiazole rings is 1. The van der Waals surface area contributed by atoms with Crippen molar-refractivity contribution in [1.82, 2.24) is 15.3 Å². The number of amides is 1. The van der Waals surface area contributed by atoms with Gasteiger partial charge in [-0.15, -0.1) is 11.3 Å². The van der Waals surface area contributed by atoms with Crippen LogP contribution in [-0.4, -0.2) is 28.1 Å². The lowest BCUT2D eigenvalue weighted by molar-refractivity contribution is -0.183. The predicted molar refractivity (Wildman–Crippen MR) is 89.3 cm³/mol. The van der Waals surface area contributed by atoms with Crippen LogP contribution in [-0.2, 0) is 0 Å². The van der Waals surface area contributed by atoms with Crippen molar-refractivity contribution in [3.05, 3.63) is 35.1 Å². The summed E-state index contributed by atoms with van der Waals surface area (Å²) >= 11 is 1.23. The third-order valence-electron chi connectivity index (χ3n) is 4.38. The van der Waals surface area contributed by atoms with E-state index in [0.717, 1.165) is 5.56 Å². The summed E-state index contributed by atoms with van der Waals surface area (Å²) in [6.07, 6.45) is 0.247. The van der Waals surface area contributed by atoms with E-state index in [1.165, 1.54) is 11.3 Å². The minimum atomic E-state index is -4.20. The minimum Gasteiger partial charge on any atom is -0.349 e. The first kappa shape index (κ1) is 17.8. The van der Waals surface area contributed by atoms with E-state index in [2.05, 4.69) is 15.3 Å². The molecule has 1 aliphatic carbocycles. The first-order chi connectivity index (χ1) is 11.8. The van der Waals surface area contributed by atoms with Crippen molar-refractivity contribution in [1.29, 1.82) is 0 Å². The molecule has 1 aliphatic rings. The first-order valence-corrected chi connectivity index (χ1v) is 8.91. The van der Waals surface area contributed by atoms with Crippen molar-refractivity contribution in [2.24, 2.45) is 5.92 Å². The van der Waals surface area contributed by atoms with E-state index < -0.39 is 18.1 Å². The van der Waals surface area contributed by atoms with E-state index in [-0.39, 0.29) is 18.7 Å². The number of carbonyl (C=O) groups is 1. The van der Waals surface area contributed by atoms with E-state index in [0.29, 0.717) is 28.4 Å². The highest BCUT2D eigenvalue weighted by Crippen LogP contribution is 2.37. The van der Waals surface area contributed by atoms with Gasteiger partial charge < -0.3 is 5.32 Å². The molecule has 8 heteroatoms. The number of nitrogens with one attached hydrogen (secondary N) is 1. The average Bonchev–Trinajstić information content (AvgIpc) is 2.97. The number of aromatic nitrogens is 2. The molecule has 134 valence electrons. The van der Waals surface area contributed by atoms with Gasteiger partial charge in [-0.05, 0) is 38.3 Å². The molecule has 1 N–H and O–H groups in total. The van der Waals surface area contributed by atoms with Gasteiger partial charge in [0, 0.05) is 24.0 Å². The molecule has 0 saturated heterocycles. The quantitative estimate of drug-likeness (QED) is 0.874. The number of rotatable bonds is 3. The molecule has 1 amide bonds. The normalized spacial score (nSPS) is 21.1. The number of halogens is 3. The third-order valence-corrected chi connectivity index (χ3v) is 5.59. The topological polar surface area (TPSA) is 54.9 Å². The summed E-state index contributed by atoms with van der Waals surface area (Å²) in [5.41, 5.74) is 1.38. The number of pyridine rings is 1. The van der Waals surface area contributed by atoms with Crippen molar-refractivity contribution < 1.29 is 18.0 Å². The highest BCUT2D eigenvalue weighted by molar-refractivity contribution is 7.17. The Morgan fingerprint density at radius 2 is 2.16 bits per heavy atom. The Kier molecular flexibility index (Phi) is 5.08. The molecule has 2 heterocycles. The van der Waals surface area contributed by atoms with Crippen molar-refractivity contribution in [3.63, 3.8) is 0 Å². The van der Waals surface area contributed by atoms with Crippen LogP contribution in [0.3, 0.4) is 0 Å². The van der Waals surface area contributed by atoms with Crippen molar-refractivity contribution in [2.75, 3.05) is 0 Å². The van der Waals surface area contributed by atoms with Gasteiger partial charge in [0.05, 0.1) is 11.6 Å². The van der Waals surface area contributed by atoms with Crippen LogP contribution in [0.1, 0.15) is 41.0 Å². The maximum absolute atomic E-state index is 12.9. The lowest BCUT2D eigenvalue weighted by Gasteiger charge is -2.30. The zero-order chi connectivity index (χ0) is 18.0. The summed E-state index contributed by atoms with van der Waals surface area (Å²) in [7, 11) is 0. The van der Waals surface area contributed by atoms with Crippen LogP contribution in [0.15, 0.2) is 24.5 Å². The van der Waals surface area contributed by atoms with E-state index in [9.17, 15) is 18.0 Å². The lowest BCUT2D eigenvalue weighted by Crippen LogP contribution is -2.41. The Morgan fingerprint density at radius 3 is 2.84 bits per heavy atom. The van der Waals surface area contributed by atoms with Crippen molar-refractivity contribution in [2.45, 2.75) is 44.8 Å². The molecule has 0 aliphatic heterocycles. The van der Waals surface area contributed by atoms with Gasteiger partial charge in [-0.25, -0.2) is 4.98 Å². The van der Waals surface area contributed by atoms with Crippen molar-refractivity contribution >= 4 is 17.2 Å². The molecule has 25 heavy (non-hydrogen) atoms. The van der Waals surface area contributed by atoms with Gasteiger partial charge in [-0.2, -0.15) is 13.2 Å². The zero-order valence-electron chi connectivity index (χ0n) is 13.6. The van der Waals surface area contributed by atoms with E-state index in [4.69, 9.17) is 0 Å². The Morgan fingerprint density at radius 1 is 1.36 bits per heavy atom. The second kappa shape index (κ2) is 7.11. The average molecular weight is 369 g/mol. The summed E-state index contributed by atoms with van der Waals surface area (Å²) in [6, 6.07) is 3.18. The summed E-state index contributed by atoms with van der Waals surface area (Å²) in [5.74, 6) is -1.68. The van der Waals surface area contributed by atoms with Crippen LogP contribution >= 0.6 is 11.3 Å². The van der Waals surface area contributed by atoms with Crippen LogP contribution < -0.4 is 5.32 Å². The first-order valence-electron chi connectivity index (χ1n) is 8.10. The van der Waals surface area contributed by atoms with E-state index in [1.807, 2.05) is 6.07 Å². The number of carbonyl (C=O) groups excluding carboxylic acids is 1. The van der Waals surface area contributed by atoms with Gasteiger partial charge in [-0.1, -0.05) is 6.42 Å². The fraction of sp³-hybridized carbons (Fsp3) is 0.471. The van der Waals surface area contributed by atoms with Crippen LogP contribution in [0.5, 0.6) is 0 Å². The molecule has 1 saturated carbocycles. The molecule has 0 spiro atoms. The fourth-order valence-electron chi connectivity index (χ4n) is 3.09. The largest absolute Gasteiger partial charge is 0.391 e. The van der Waals surface area contributed by atoms with Gasteiger partial charge >= 0.3 is 6.18 Å². The maximum atomic E-state index is 12.9. The Bertz CT molecular complexity index is 745. The van der Waals surface area contributed by atoms with Crippen LogP contribution in [0.4, 0.5) is 13.2 Å². The summed E-state index contributed by atoms with van der Waals surface area (Å²) in [5, 5.41) is 3.43. The number of hydrogen-bond donors (Lipinski definition) is 1. The monoisotopic (exact) mass is 369 g/mol. The molecule has 0 aromatic carbocycles. The molecule has 0 bridgehead atoms. The second-order valence-electron chi connectivity index (χ2n) is 6.25. The van der Waals surface area contributed by atoms with E-state index >= 15 is 0 Å². The highest BCUT2D eigenvalue weighted by atomic mass is 32.1.